The van der Waals surface area contributed by atoms with E-state index in [1.807, 2.05) is 6.07 Å². The molecule has 2 saturated carbocycles. The number of fused-ring (bicyclic) bond motifs is 1. The number of carboxylic acid groups (broad SMARTS) is 1. The first-order chi connectivity index (χ1) is 20.0. The van der Waals surface area contributed by atoms with Crippen LogP contribution in [-0.2, 0) is 16.1 Å². The summed E-state index contributed by atoms with van der Waals surface area (Å²) in [5, 5.41) is 15.9. The molecule has 1 saturated heterocycles. The molecule has 2 aliphatic carbocycles. The third kappa shape index (κ3) is 6.12. The van der Waals surface area contributed by atoms with Crippen molar-refractivity contribution in [3.8, 4) is 0 Å². The summed E-state index contributed by atoms with van der Waals surface area (Å²) in [5.41, 5.74) is 2.70. The molecule has 0 unspecified atom stereocenters. The largest absolute Gasteiger partial charge is 0.480 e. The first-order valence-corrected chi connectivity index (χ1v) is 15.4. The highest BCUT2D eigenvalue weighted by molar-refractivity contribution is 5.87. The molecule has 0 amide bonds. The Balaban J connectivity index is 1.46. The van der Waals surface area contributed by atoms with Gasteiger partial charge in [0.15, 0.2) is 11.5 Å². The highest BCUT2D eigenvalue weighted by Crippen LogP contribution is 2.38. The number of hydrogen-bond donors (Lipinski definition) is 3. The topological polar surface area (TPSA) is 117 Å². The van der Waals surface area contributed by atoms with Gasteiger partial charge in [-0.05, 0) is 55.9 Å². The molecule has 41 heavy (non-hydrogen) atoms. The van der Waals surface area contributed by atoms with E-state index in [9.17, 15) is 9.90 Å². The van der Waals surface area contributed by atoms with Gasteiger partial charge in [-0.3, -0.25) is 4.79 Å². The predicted molar refractivity (Wildman–Crippen MR) is 160 cm³/mol. The SMILES string of the molecule is CC1CCC(Cn2c(N3CCOC[C@H]3c3ccccc3)nc3nc(NCC(=O)O)nc(N[C@H](C)C4CCC4)c32)CC1. The third-order valence-corrected chi connectivity index (χ3v) is 9.35. The van der Waals surface area contributed by atoms with Crippen LogP contribution in [0.4, 0.5) is 17.7 Å². The number of rotatable bonds is 10. The van der Waals surface area contributed by atoms with Crippen LogP contribution in [0, 0.1) is 17.8 Å². The lowest BCUT2D eigenvalue weighted by molar-refractivity contribution is -0.134. The summed E-state index contributed by atoms with van der Waals surface area (Å²) in [5.74, 6) is 2.89. The number of aliphatic carboxylic acids is 1. The monoisotopic (exact) mass is 561 g/mol. The molecule has 10 heteroatoms. The second-order valence-electron chi connectivity index (χ2n) is 12.3. The van der Waals surface area contributed by atoms with E-state index < -0.39 is 5.97 Å². The van der Waals surface area contributed by atoms with Gasteiger partial charge in [0.25, 0.3) is 0 Å². The summed E-state index contributed by atoms with van der Waals surface area (Å²) in [6, 6.07) is 10.8. The summed E-state index contributed by atoms with van der Waals surface area (Å²) in [7, 11) is 0. The molecule has 2 aromatic heterocycles. The molecular weight excluding hydrogens is 518 g/mol. The lowest BCUT2D eigenvalue weighted by Gasteiger charge is -2.37. The van der Waals surface area contributed by atoms with Crippen molar-refractivity contribution in [2.24, 2.45) is 17.8 Å². The number of hydrogen-bond acceptors (Lipinski definition) is 8. The number of carboxylic acids is 1. The van der Waals surface area contributed by atoms with Crippen molar-refractivity contribution in [3.05, 3.63) is 35.9 Å². The Bertz CT molecular complexity index is 1330. The number of ether oxygens (including phenoxy) is 1. The summed E-state index contributed by atoms with van der Waals surface area (Å²) < 4.78 is 8.33. The smallest absolute Gasteiger partial charge is 0.322 e. The molecule has 0 spiro atoms. The Morgan fingerprint density at radius 1 is 1.10 bits per heavy atom. The van der Waals surface area contributed by atoms with E-state index in [0.717, 1.165) is 36.3 Å². The van der Waals surface area contributed by atoms with Crippen LogP contribution in [0.25, 0.3) is 11.2 Å². The van der Waals surface area contributed by atoms with Crippen LogP contribution >= 0.6 is 0 Å². The predicted octanol–water partition coefficient (Wildman–Crippen LogP) is 5.33. The Morgan fingerprint density at radius 3 is 2.59 bits per heavy atom. The number of anilines is 3. The minimum atomic E-state index is -0.956. The van der Waals surface area contributed by atoms with Crippen molar-refractivity contribution in [1.29, 1.82) is 0 Å². The maximum atomic E-state index is 11.3. The van der Waals surface area contributed by atoms with E-state index in [1.54, 1.807) is 0 Å². The first-order valence-electron chi connectivity index (χ1n) is 15.4. The van der Waals surface area contributed by atoms with Gasteiger partial charge in [-0.1, -0.05) is 56.5 Å². The highest BCUT2D eigenvalue weighted by atomic mass is 16.5. The van der Waals surface area contributed by atoms with Gasteiger partial charge in [0.2, 0.25) is 11.9 Å². The van der Waals surface area contributed by atoms with Crippen molar-refractivity contribution in [2.75, 3.05) is 41.8 Å². The van der Waals surface area contributed by atoms with Crippen molar-refractivity contribution in [1.82, 2.24) is 19.5 Å². The zero-order valence-corrected chi connectivity index (χ0v) is 24.3. The van der Waals surface area contributed by atoms with Crippen LogP contribution in [0.5, 0.6) is 0 Å². The lowest BCUT2D eigenvalue weighted by Crippen LogP contribution is -2.41. The van der Waals surface area contributed by atoms with Crippen molar-refractivity contribution in [3.63, 3.8) is 0 Å². The molecule has 2 atom stereocenters. The fourth-order valence-corrected chi connectivity index (χ4v) is 6.59. The van der Waals surface area contributed by atoms with Gasteiger partial charge in [-0.25, -0.2) is 0 Å². The van der Waals surface area contributed by atoms with Crippen LogP contribution in [0.15, 0.2) is 30.3 Å². The summed E-state index contributed by atoms with van der Waals surface area (Å²) >= 11 is 0. The first kappa shape index (κ1) is 27.8. The maximum absolute atomic E-state index is 11.3. The van der Waals surface area contributed by atoms with E-state index in [-0.39, 0.29) is 24.6 Å². The number of carbonyl (C=O) groups is 1. The highest BCUT2D eigenvalue weighted by Gasteiger charge is 2.33. The second-order valence-corrected chi connectivity index (χ2v) is 12.3. The molecule has 6 rings (SSSR count). The standard InChI is InChI=1S/C31H43N7O3/c1-20-11-13-22(14-12-20)18-38-27-28(33-21(2)23-9-6-10-23)34-30(32-17-26(39)40)35-29(27)36-31(38)37-15-16-41-19-25(37)24-7-4-3-5-8-24/h3-5,7-8,20-23,25H,6,9-19H2,1-2H3,(H,39,40)(H2,32,33,34,35)/t20?,21-,22?,25+/m1/s1. The van der Waals surface area contributed by atoms with Gasteiger partial charge < -0.3 is 29.9 Å². The van der Waals surface area contributed by atoms with Gasteiger partial charge in [-0.2, -0.15) is 15.0 Å². The molecule has 3 N–H and O–H groups in total. The van der Waals surface area contributed by atoms with Crippen LogP contribution < -0.4 is 15.5 Å². The van der Waals surface area contributed by atoms with E-state index in [2.05, 4.69) is 58.2 Å². The average molecular weight is 562 g/mol. The van der Waals surface area contributed by atoms with Gasteiger partial charge in [0.05, 0.1) is 19.3 Å². The Hall–Kier alpha value is -3.40. The number of nitrogens with zero attached hydrogens (tertiary/aromatic N) is 5. The van der Waals surface area contributed by atoms with E-state index in [1.165, 1.54) is 50.5 Å². The molecular formula is C31H43N7O3. The number of aromatic nitrogens is 4. The Kier molecular flexibility index (Phi) is 8.27. The molecule has 10 nitrogen and oxygen atoms in total. The normalized spacial score (nSPS) is 24.1. The number of nitrogens with one attached hydrogen (secondary N) is 2. The van der Waals surface area contributed by atoms with Gasteiger partial charge in [0, 0.05) is 19.1 Å². The van der Waals surface area contributed by atoms with E-state index in [4.69, 9.17) is 19.7 Å². The second kappa shape index (κ2) is 12.2. The van der Waals surface area contributed by atoms with Crippen LogP contribution in [0.2, 0.25) is 0 Å². The lowest BCUT2D eigenvalue weighted by atomic mass is 9.80. The van der Waals surface area contributed by atoms with Gasteiger partial charge >= 0.3 is 5.97 Å². The molecule has 3 aromatic rings. The van der Waals surface area contributed by atoms with Crippen LogP contribution in [0.1, 0.15) is 70.4 Å². The van der Waals surface area contributed by atoms with Crippen molar-refractivity contribution < 1.29 is 14.6 Å². The fraction of sp³-hybridized carbons (Fsp3) is 0.613. The molecule has 1 aromatic carbocycles. The van der Waals surface area contributed by atoms with Crippen molar-refractivity contribution >= 4 is 34.8 Å². The molecule has 1 aliphatic heterocycles. The molecule has 0 radical (unpaired) electrons. The average Bonchev–Trinajstić information content (AvgIpc) is 3.30. The molecule has 3 aliphatic rings. The van der Waals surface area contributed by atoms with E-state index in [0.29, 0.717) is 30.7 Å². The number of benzene rings is 1. The van der Waals surface area contributed by atoms with Gasteiger partial charge in [-0.15, -0.1) is 0 Å². The third-order valence-electron chi connectivity index (χ3n) is 9.35. The zero-order chi connectivity index (χ0) is 28.3. The Morgan fingerprint density at radius 2 is 1.88 bits per heavy atom. The quantitative estimate of drug-likeness (QED) is 0.302. The molecule has 0 bridgehead atoms. The number of morpholine rings is 1. The molecule has 3 heterocycles. The minimum Gasteiger partial charge on any atom is -0.480 e. The minimum absolute atomic E-state index is 0.0368. The summed E-state index contributed by atoms with van der Waals surface area (Å²) in [6.07, 6.45) is 8.59. The fourth-order valence-electron chi connectivity index (χ4n) is 6.59. The maximum Gasteiger partial charge on any atom is 0.322 e. The van der Waals surface area contributed by atoms with Crippen molar-refractivity contribution in [2.45, 2.75) is 77.4 Å². The molecule has 3 fully saturated rings. The summed E-state index contributed by atoms with van der Waals surface area (Å²) in [4.78, 5) is 28.5. The van der Waals surface area contributed by atoms with Crippen LogP contribution in [-0.4, -0.2) is 62.9 Å². The number of imidazole rings is 1. The zero-order valence-electron chi connectivity index (χ0n) is 24.3. The Labute approximate surface area is 241 Å². The summed E-state index contributed by atoms with van der Waals surface area (Å²) in [6.45, 7) is 7.13. The van der Waals surface area contributed by atoms with E-state index >= 15 is 0 Å². The van der Waals surface area contributed by atoms with Gasteiger partial charge in [0.1, 0.15) is 12.1 Å². The van der Waals surface area contributed by atoms with Crippen LogP contribution in [0.3, 0.4) is 0 Å². The molecule has 220 valence electrons.